The minimum atomic E-state index is -0.795. The molecule has 0 aromatic heterocycles. The van der Waals surface area contributed by atoms with Crippen molar-refractivity contribution in [3.8, 4) is 0 Å². The average molecular weight is 353 g/mol. The van der Waals surface area contributed by atoms with E-state index in [-0.39, 0.29) is 23.8 Å². The fourth-order valence-electron chi connectivity index (χ4n) is 2.79. The lowest BCUT2D eigenvalue weighted by Gasteiger charge is -2.12. The van der Waals surface area contributed by atoms with E-state index in [1.807, 2.05) is 0 Å². The van der Waals surface area contributed by atoms with Gasteiger partial charge in [0.2, 0.25) is 5.91 Å². The molecule has 0 heterocycles. The number of halogens is 1. The van der Waals surface area contributed by atoms with Crippen molar-refractivity contribution < 1.29 is 19.5 Å². The predicted octanol–water partition coefficient (Wildman–Crippen LogP) is 2.22. The maximum atomic E-state index is 11.9. The van der Waals surface area contributed by atoms with Gasteiger partial charge in [0.25, 0.3) is 5.91 Å². The molecule has 1 aliphatic rings. The number of carboxylic acid groups (broad SMARTS) is 1. The van der Waals surface area contributed by atoms with Crippen molar-refractivity contribution in [2.24, 2.45) is 5.92 Å². The Morgan fingerprint density at radius 2 is 1.88 bits per heavy atom. The number of aliphatic carboxylic acids is 1. The fourth-order valence-corrected chi connectivity index (χ4v) is 2.92. The molecule has 0 unspecified atom stereocenters. The smallest absolute Gasteiger partial charge is 0.306 e. The van der Waals surface area contributed by atoms with Crippen molar-refractivity contribution in [3.05, 3.63) is 34.9 Å². The van der Waals surface area contributed by atoms with E-state index < -0.39 is 5.97 Å². The SMILES string of the molecule is O=C(CCCNC(=O)c1ccc(Cl)cc1)N[C@@H]1CC[C@H](C(=O)O)C1. The van der Waals surface area contributed by atoms with E-state index in [4.69, 9.17) is 16.7 Å². The summed E-state index contributed by atoms with van der Waals surface area (Å²) < 4.78 is 0. The number of amides is 2. The van der Waals surface area contributed by atoms with Gasteiger partial charge in [-0.3, -0.25) is 14.4 Å². The van der Waals surface area contributed by atoms with E-state index in [0.29, 0.717) is 49.2 Å². The maximum absolute atomic E-state index is 11.9. The molecule has 6 nitrogen and oxygen atoms in total. The number of nitrogens with one attached hydrogen (secondary N) is 2. The highest BCUT2D eigenvalue weighted by Gasteiger charge is 2.30. The molecule has 1 aromatic rings. The first kappa shape index (κ1) is 18.3. The van der Waals surface area contributed by atoms with E-state index in [9.17, 15) is 14.4 Å². The zero-order valence-electron chi connectivity index (χ0n) is 13.3. The van der Waals surface area contributed by atoms with Crippen LogP contribution in [0.25, 0.3) is 0 Å². The van der Waals surface area contributed by atoms with Gasteiger partial charge in [-0.05, 0) is 49.9 Å². The molecule has 0 spiro atoms. The Morgan fingerprint density at radius 3 is 2.50 bits per heavy atom. The van der Waals surface area contributed by atoms with Gasteiger partial charge in [-0.25, -0.2) is 0 Å². The Bertz CT molecular complexity index is 603. The number of carbonyl (C=O) groups excluding carboxylic acids is 2. The van der Waals surface area contributed by atoms with Crippen LogP contribution in [-0.2, 0) is 9.59 Å². The molecule has 0 bridgehead atoms. The number of rotatable bonds is 7. The quantitative estimate of drug-likeness (QED) is 0.656. The van der Waals surface area contributed by atoms with Crippen LogP contribution in [-0.4, -0.2) is 35.5 Å². The second-order valence-corrected chi connectivity index (χ2v) is 6.42. The summed E-state index contributed by atoms with van der Waals surface area (Å²) in [5, 5.41) is 15.1. The largest absolute Gasteiger partial charge is 0.481 e. The summed E-state index contributed by atoms with van der Waals surface area (Å²) in [6.45, 7) is 0.400. The van der Waals surface area contributed by atoms with E-state index >= 15 is 0 Å². The number of hydrogen-bond acceptors (Lipinski definition) is 3. The van der Waals surface area contributed by atoms with E-state index in [1.165, 1.54) is 0 Å². The first-order valence-electron chi connectivity index (χ1n) is 8.01. The van der Waals surface area contributed by atoms with Crippen molar-refractivity contribution in [3.63, 3.8) is 0 Å². The molecular formula is C17H21ClN2O4. The molecule has 24 heavy (non-hydrogen) atoms. The van der Waals surface area contributed by atoms with Gasteiger partial charge in [0.1, 0.15) is 0 Å². The first-order valence-corrected chi connectivity index (χ1v) is 8.39. The Morgan fingerprint density at radius 1 is 1.17 bits per heavy atom. The van der Waals surface area contributed by atoms with Crippen LogP contribution in [0.3, 0.4) is 0 Å². The summed E-state index contributed by atoms with van der Waals surface area (Å²) in [6, 6.07) is 6.53. The van der Waals surface area contributed by atoms with Crippen LogP contribution in [0.2, 0.25) is 5.02 Å². The molecule has 1 aromatic carbocycles. The Labute approximate surface area is 145 Å². The van der Waals surface area contributed by atoms with Crippen molar-refractivity contribution in [1.82, 2.24) is 10.6 Å². The summed E-state index contributed by atoms with van der Waals surface area (Å²) in [7, 11) is 0. The summed E-state index contributed by atoms with van der Waals surface area (Å²) in [5.41, 5.74) is 0.523. The topological polar surface area (TPSA) is 95.5 Å². The van der Waals surface area contributed by atoms with Crippen molar-refractivity contribution in [2.45, 2.75) is 38.1 Å². The van der Waals surface area contributed by atoms with Gasteiger partial charge < -0.3 is 15.7 Å². The molecule has 2 amide bonds. The summed E-state index contributed by atoms with van der Waals surface area (Å²) in [6.07, 6.45) is 2.64. The molecule has 2 rings (SSSR count). The normalized spacial score (nSPS) is 19.7. The second kappa shape index (κ2) is 8.68. The molecule has 1 aliphatic carbocycles. The van der Waals surface area contributed by atoms with Gasteiger partial charge in [0.15, 0.2) is 0 Å². The second-order valence-electron chi connectivity index (χ2n) is 5.98. The molecule has 2 atom stereocenters. The maximum Gasteiger partial charge on any atom is 0.306 e. The van der Waals surface area contributed by atoms with E-state index in [0.717, 1.165) is 0 Å². The Balaban J connectivity index is 1.62. The van der Waals surface area contributed by atoms with Crippen LogP contribution in [0.1, 0.15) is 42.5 Å². The lowest BCUT2D eigenvalue weighted by atomic mass is 10.1. The molecule has 0 radical (unpaired) electrons. The third-order valence-corrected chi connectivity index (χ3v) is 4.37. The van der Waals surface area contributed by atoms with E-state index in [1.54, 1.807) is 24.3 Å². The average Bonchev–Trinajstić information content (AvgIpc) is 3.00. The summed E-state index contributed by atoms with van der Waals surface area (Å²) in [5.74, 6) is -1.45. The molecule has 1 saturated carbocycles. The Hall–Kier alpha value is -2.08. The summed E-state index contributed by atoms with van der Waals surface area (Å²) in [4.78, 5) is 34.6. The highest BCUT2D eigenvalue weighted by molar-refractivity contribution is 6.30. The molecule has 0 aliphatic heterocycles. The molecule has 3 N–H and O–H groups in total. The molecule has 0 saturated heterocycles. The van der Waals surface area contributed by atoms with Crippen LogP contribution in [0.4, 0.5) is 0 Å². The monoisotopic (exact) mass is 352 g/mol. The third-order valence-electron chi connectivity index (χ3n) is 4.12. The van der Waals surface area contributed by atoms with Crippen molar-refractivity contribution in [1.29, 1.82) is 0 Å². The van der Waals surface area contributed by atoms with Crippen LogP contribution in [0.5, 0.6) is 0 Å². The van der Waals surface area contributed by atoms with Crippen LogP contribution >= 0.6 is 11.6 Å². The van der Waals surface area contributed by atoms with Gasteiger partial charge in [0, 0.05) is 29.6 Å². The molecule has 130 valence electrons. The van der Waals surface area contributed by atoms with Gasteiger partial charge in [0.05, 0.1) is 5.92 Å². The highest BCUT2D eigenvalue weighted by Crippen LogP contribution is 2.25. The minimum Gasteiger partial charge on any atom is -0.481 e. The first-order chi connectivity index (χ1) is 11.5. The van der Waals surface area contributed by atoms with Gasteiger partial charge in [-0.15, -0.1) is 0 Å². The number of hydrogen-bond donors (Lipinski definition) is 3. The van der Waals surface area contributed by atoms with Gasteiger partial charge >= 0.3 is 5.97 Å². The number of carboxylic acids is 1. The fraction of sp³-hybridized carbons (Fsp3) is 0.471. The standard InChI is InChI=1S/C17H21ClN2O4/c18-13-6-3-11(4-7-13)16(22)19-9-1-2-15(21)20-14-8-5-12(10-14)17(23)24/h3-4,6-7,12,14H,1-2,5,8-10H2,(H,19,22)(H,20,21)(H,23,24)/t12-,14+/m0/s1. The zero-order valence-corrected chi connectivity index (χ0v) is 14.0. The molecule has 1 fully saturated rings. The van der Waals surface area contributed by atoms with Crippen LogP contribution in [0, 0.1) is 5.92 Å². The third kappa shape index (κ3) is 5.53. The minimum absolute atomic E-state index is 0.0535. The predicted molar refractivity (Wildman–Crippen MR) is 89.9 cm³/mol. The van der Waals surface area contributed by atoms with E-state index in [2.05, 4.69) is 10.6 Å². The molecule has 7 heteroatoms. The van der Waals surface area contributed by atoms with Crippen LogP contribution < -0.4 is 10.6 Å². The van der Waals surface area contributed by atoms with Crippen molar-refractivity contribution >= 4 is 29.4 Å². The lowest BCUT2D eigenvalue weighted by Crippen LogP contribution is -2.34. The zero-order chi connectivity index (χ0) is 17.5. The lowest BCUT2D eigenvalue weighted by molar-refractivity contribution is -0.141. The summed E-state index contributed by atoms with van der Waals surface area (Å²) >= 11 is 5.77. The number of carbonyl (C=O) groups is 3. The van der Waals surface area contributed by atoms with Crippen LogP contribution in [0.15, 0.2) is 24.3 Å². The van der Waals surface area contributed by atoms with Crippen molar-refractivity contribution in [2.75, 3.05) is 6.54 Å². The Kier molecular flexibility index (Phi) is 6.61. The number of benzene rings is 1. The van der Waals surface area contributed by atoms with Gasteiger partial charge in [-0.2, -0.15) is 0 Å². The molecular weight excluding hydrogens is 332 g/mol. The highest BCUT2D eigenvalue weighted by atomic mass is 35.5. The van der Waals surface area contributed by atoms with Gasteiger partial charge in [-0.1, -0.05) is 11.6 Å².